The van der Waals surface area contributed by atoms with Gasteiger partial charge in [0.25, 0.3) is 0 Å². The van der Waals surface area contributed by atoms with E-state index in [-0.39, 0.29) is 0 Å². The first kappa shape index (κ1) is 18.7. The minimum absolute atomic E-state index is 0.336. The first-order valence-electron chi connectivity index (χ1n) is 9.65. The molecule has 0 aliphatic carbocycles. The van der Waals surface area contributed by atoms with Gasteiger partial charge in [0.2, 0.25) is 5.88 Å². The standard InChI is InChI=1S/C25H17NO5/c1-29-24(27)16-13-11-15(12-14-16)20-21-22(18-9-5-6-10-19(18)30-25(21)28)31-23(20)26-17-7-3-2-4-8-17/h2-14,26H,1H3. The van der Waals surface area contributed by atoms with E-state index in [4.69, 9.17) is 13.6 Å². The molecule has 0 amide bonds. The highest BCUT2D eigenvalue weighted by Gasteiger charge is 2.23. The van der Waals surface area contributed by atoms with Gasteiger partial charge in [-0.05, 0) is 42.0 Å². The molecule has 31 heavy (non-hydrogen) atoms. The van der Waals surface area contributed by atoms with Crippen LogP contribution in [0.2, 0.25) is 0 Å². The molecule has 0 saturated heterocycles. The van der Waals surface area contributed by atoms with E-state index in [1.54, 1.807) is 36.4 Å². The number of esters is 1. The van der Waals surface area contributed by atoms with E-state index in [0.717, 1.165) is 5.69 Å². The number of hydrogen-bond donors (Lipinski definition) is 1. The first-order valence-corrected chi connectivity index (χ1v) is 9.65. The van der Waals surface area contributed by atoms with Crippen LogP contribution in [0.3, 0.4) is 0 Å². The molecule has 0 saturated carbocycles. The van der Waals surface area contributed by atoms with E-state index in [0.29, 0.717) is 44.5 Å². The summed E-state index contributed by atoms with van der Waals surface area (Å²) in [5.74, 6) is -0.0209. The number of ether oxygens (including phenoxy) is 1. The molecule has 2 heterocycles. The molecule has 0 unspecified atom stereocenters. The maximum atomic E-state index is 12.9. The third-order valence-corrected chi connectivity index (χ3v) is 5.07. The highest BCUT2D eigenvalue weighted by atomic mass is 16.5. The average molecular weight is 411 g/mol. The second-order valence-corrected chi connectivity index (χ2v) is 6.96. The van der Waals surface area contributed by atoms with Crippen LogP contribution >= 0.6 is 0 Å². The zero-order valence-electron chi connectivity index (χ0n) is 16.5. The lowest BCUT2D eigenvalue weighted by Gasteiger charge is -2.07. The number of para-hydroxylation sites is 2. The molecule has 6 nitrogen and oxygen atoms in total. The largest absolute Gasteiger partial charge is 0.465 e. The van der Waals surface area contributed by atoms with Crippen molar-refractivity contribution < 1.29 is 18.4 Å². The lowest BCUT2D eigenvalue weighted by Crippen LogP contribution is -2.02. The van der Waals surface area contributed by atoms with E-state index >= 15 is 0 Å². The molecule has 0 radical (unpaired) electrons. The molecule has 0 fully saturated rings. The number of methoxy groups -OCH3 is 1. The zero-order valence-corrected chi connectivity index (χ0v) is 16.5. The molecule has 3 aromatic carbocycles. The summed E-state index contributed by atoms with van der Waals surface area (Å²) in [5, 5.41) is 4.30. The van der Waals surface area contributed by atoms with Gasteiger partial charge in [-0.1, -0.05) is 42.5 Å². The van der Waals surface area contributed by atoms with Crippen LogP contribution < -0.4 is 10.9 Å². The lowest BCUT2D eigenvalue weighted by molar-refractivity contribution is 0.0601. The van der Waals surface area contributed by atoms with E-state index in [1.807, 2.05) is 42.5 Å². The number of nitrogens with one attached hydrogen (secondary N) is 1. The third-order valence-electron chi connectivity index (χ3n) is 5.07. The van der Waals surface area contributed by atoms with Crippen molar-refractivity contribution in [2.24, 2.45) is 0 Å². The lowest BCUT2D eigenvalue weighted by atomic mass is 10.0. The summed E-state index contributed by atoms with van der Waals surface area (Å²) in [6.45, 7) is 0. The monoisotopic (exact) mass is 411 g/mol. The Morgan fingerprint density at radius 2 is 1.58 bits per heavy atom. The average Bonchev–Trinajstić information content (AvgIpc) is 3.19. The van der Waals surface area contributed by atoms with Crippen LogP contribution in [0.15, 0.2) is 92.5 Å². The molecule has 0 aliphatic rings. The summed E-state index contributed by atoms with van der Waals surface area (Å²) < 4.78 is 16.5. The van der Waals surface area contributed by atoms with Crippen LogP contribution in [0, 0.1) is 0 Å². The number of furan rings is 1. The second kappa shape index (κ2) is 7.50. The topological polar surface area (TPSA) is 81.7 Å². The van der Waals surface area contributed by atoms with Crippen LogP contribution in [0.4, 0.5) is 11.6 Å². The molecule has 0 bridgehead atoms. The van der Waals surface area contributed by atoms with Gasteiger partial charge in [-0.15, -0.1) is 0 Å². The molecule has 152 valence electrons. The maximum Gasteiger partial charge on any atom is 0.348 e. The Morgan fingerprint density at radius 3 is 2.32 bits per heavy atom. The van der Waals surface area contributed by atoms with Crippen molar-refractivity contribution in [1.82, 2.24) is 0 Å². The van der Waals surface area contributed by atoms with Crippen LogP contribution in [0.5, 0.6) is 0 Å². The van der Waals surface area contributed by atoms with Gasteiger partial charge < -0.3 is 18.9 Å². The van der Waals surface area contributed by atoms with E-state index in [1.165, 1.54) is 7.11 Å². The van der Waals surface area contributed by atoms with Crippen molar-refractivity contribution in [3.05, 3.63) is 94.8 Å². The molecular formula is C25H17NO5. The molecule has 0 atom stereocenters. The molecule has 0 spiro atoms. The van der Waals surface area contributed by atoms with Crippen molar-refractivity contribution in [3.8, 4) is 11.1 Å². The second-order valence-electron chi connectivity index (χ2n) is 6.96. The summed E-state index contributed by atoms with van der Waals surface area (Å²) in [7, 11) is 1.33. The van der Waals surface area contributed by atoms with Gasteiger partial charge in [-0.2, -0.15) is 0 Å². The summed E-state index contributed by atoms with van der Waals surface area (Å²) in [5.41, 5.74) is 2.88. The van der Waals surface area contributed by atoms with E-state index < -0.39 is 11.6 Å². The van der Waals surface area contributed by atoms with Gasteiger partial charge in [0.1, 0.15) is 11.0 Å². The quantitative estimate of drug-likeness (QED) is 0.300. The fourth-order valence-electron chi connectivity index (χ4n) is 3.62. The maximum absolute atomic E-state index is 12.9. The summed E-state index contributed by atoms with van der Waals surface area (Å²) in [4.78, 5) is 24.8. The van der Waals surface area contributed by atoms with Crippen molar-refractivity contribution >= 4 is 39.5 Å². The summed E-state index contributed by atoms with van der Waals surface area (Å²) in [6.07, 6.45) is 0. The number of carbonyl (C=O) groups is 1. The van der Waals surface area contributed by atoms with Crippen molar-refractivity contribution in [2.45, 2.75) is 0 Å². The predicted molar refractivity (Wildman–Crippen MR) is 119 cm³/mol. The molecule has 1 N–H and O–H groups in total. The van der Waals surface area contributed by atoms with Crippen LogP contribution in [0.25, 0.3) is 33.1 Å². The van der Waals surface area contributed by atoms with E-state index in [9.17, 15) is 9.59 Å². The highest BCUT2D eigenvalue weighted by molar-refractivity contribution is 6.10. The number of anilines is 2. The van der Waals surface area contributed by atoms with Gasteiger partial charge >= 0.3 is 11.6 Å². The van der Waals surface area contributed by atoms with Gasteiger partial charge in [0.05, 0.1) is 23.6 Å². The molecule has 5 rings (SSSR count). The third kappa shape index (κ3) is 3.24. The first-order chi connectivity index (χ1) is 15.2. The smallest absolute Gasteiger partial charge is 0.348 e. The van der Waals surface area contributed by atoms with Crippen LogP contribution in [0.1, 0.15) is 10.4 Å². The number of carbonyl (C=O) groups excluding carboxylic acids is 1. The fraction of sp³-hybridized carbons (Fsp3) is 0.0400. The van der Waals surface area contributed by atoms with Crippen LogP contribution in [-0.4, -0.2) is 13.1 Å². The fourth-order valence-corrected chi connectivity index (χ4v) is 3.62. The summed E-state index contributed by atoms with van der Waals surface area (Å²) in [6, 6.07) is 23.6. The van der Waals surface area contributed by atoms with Gasteiger partial charge in [0, 0.05) is 5.69 Å². The highest BCUT2D eigenvalue weighted by Crippen LogP contribution is 2.40. The Morgan fingerprint density at radius 1 is 0.871 bits per heavy atom. The van der Waals surface area contributed by atoms with Crippen molar-refractivity contribution in [1.29, 1.82) is 0 Å². The van der Waals surface area contributed by atoms with Gasteiger partial charge in [0.15, 0.2) is 5.58 Å². The Balaban J connectivity index is 1.78. The molecular weight excluding hydrogens is 394 g/mol. The Labute approximate surface area is 176 Å². The number of benzene rings is 3. The van der Waals surface area contributed by atoms with Crippen LogP contribution in [-0.2, 0) is 4.74 Å². The van der Waals surface area contributed by atoms with E-state index in [2.05, 4.69) is 5.32 Å². The normalized spacial score (nSPS) is 11.0. The van der Waals surface area contributed by atoms with Crippen molar-refractivity contribution in [3.63, 3.8) is 0 Å². The molecule has 0 aliphatic heterocycles. The predicted octanol–water partition coefficient (Wildman–Crippen LogP) is 5.74. The zero-order chi connectivity index (χ0) is 21.4. The molecule has 6 heteroatoms. The SMILES string of the molecule is COC(=O)c1ccc(-c2c(Nc3ccccc3)oc3c2c(=O)oc2ccccc23)cc1. The minimum atomic E-state index is -0.495. The Kier molecular flexibility index (Phi) is 4.52. The number of rotatable bonds is 4. The Bertz CT molecular complexity index is 1460. The summed E-state index contributed by atoms with van der Waals surface area (Å²) >= 11 is 0. The minimum Gasteiger partial charge on any atom is -0.465 e. The van der Waals surface area contributed by atoms with Gasteiger partial charge in [-0.3, -0.25) is 0 Å². The van der Waals surface area contributed by atoms with Gasteiger partial charge in [-0.25, -0.2) is 9.59 Å². The number of fused-ring (bicyclic) bond motifs is 3. The number of hydrogen-bond acceptors (Lipinski definition) is 6. The van der Waals surface area contributed by atoms with Crippen molar-refractivity contribution in [2.75, 3.05) is 12.4 Å². The Hall–Kier alpha value is -4.32. The molecule has 2 aromatic heterocycles. The molecule has 5 aromatic rings.